The van der Waals surface area contributed by atoms with Crippen molar-refractivity contribution in [3.8, 4) is 0 Å². The summed E-state index contributed by atoms with van der Waals surface area (Å²) in [6.07, 6.45) is 1.11. The van der Waals surface area contributed by atoms with E-state index in [2.05, 4.69) is 18.1 Å². The first kappa shape index (κ1) is 16.8. The van der Waals surface area contributed by atoms with Crippen molar-refractivity contribution in [2.75, 3.05) is 0 Å². The zero-order valence-electron chi connectivity index (χ0n) is 12.9. The fourth-order valence-corrected chi connectivity index (χ4v) is 4.69. The van der Waals surface area contributed by atoms with Crippen molar-refractivity contribution < 1.29 is 13.9 Å². The molecule has 22 heavy (non-hydrogen) atoms. The maximum Gasteiger partial charge on any atom is 0.289 e. The van der Waals surface area contributed by atoms with E-state index < -0.39 is 14.0 Å². The highest BCUT2D eigenvalue weighted by Gasteiger charge is 2.36. The van der Waals surface area contributed by atoms with E-state index in [4.69, 9.17) is 5.11 Å². The number of aliphatic hydroxyl groups is 1. The molecule has 2 nitrogen and oxygen atoms in total. The van der Waals surface area contributed by atoms with Crippen LogP contribution in [0.25, 0.3) is 0 Å². The second kappa shape index (κ2) is 6.67. The molecule has 0 amide bonds. The topological polar surface area (TPSA) is 33.1 Å². The third-order valence-corrected chi connectivity index (χ3v) is 7.40. The second-order valence-corrected chi connectivity index (χ2v) is 11.0. The largest absolute Gasteiger partial charge is 0.392 e. The molecule has 2 rings (SSSR count). The third kappa shape index (κ3) is 3.99. The molecule has 1 heterocycles. The highest BCUT2D eigenvalue weighted by Crippen LogP contribution is 2.33. The van der Waals surface area contributed by atoms with E-state index in [0.29, 0.717) is 11.6 Å². The van der Waals surface area contributed by atoms with Crippen LogP contribution >= 0.6 is 0 Å². The molecule has 0 saturated carbocycles. The average molecular weight is 321 g/mol. The summed E-state index contributed by atoms with van der Waals surface area (Å²) < 4.78 is 28.7. The van der Waals surface area contributed by atoms with Crippen LogP contribution in [0, 0.1) is 0 Å². The van der Waals surface area contributed by atoms with Crippen molar-refractivity contribution >= 4 is 13.3 Å². The zero-order valence-corrected chi connectivity index (χ0v) is 13.9. The van der Waals surface area contributed by atoms with Gasteiger partial charge in [-0.15, -0.1) is 0 Å². The lowest BCUT2D eigenvalue weighted by Gasteiger charge is -2.25. The number of rotatable bonds is 6. The molecule has 0 fully saturated rings. The van der Waals surface area contributed by atoms with Gasteiger partial charge in [-0.3, -0.25) is 4.98 Å². The van der Waals surface area contributed by atoms with Crippen LogP contribution in [-0.4, -0.2) is 18.2 Å². The molecule has 1 aromatic heterocycles. The van der Waals surface area contributed by atoms with E-state index in [-0.39, 0.29) is 18.7 Å². The van der Waals surface area contributed by atoms with Gasteiger partial charge in [-0.05, 0) is 17.7 Å². The fourth-order valence-electron chi connectivity index (χ4n) is 2.37. The standard InChI is InChI=1S/C17H21F2NOSi/c1-22(2,15-6-4-3-5-7-15)11-10-17(18,19)16-9-8-14(13-21)12-20-16/h3-9,12,21H,10-11,13H2,1-2H3. The molecular formula is C17H21F2NOSi. The fraction of sp³-hybridized carbons (Fsp3) is 0.353. The number of aromatic nitrogens is 1. The van der Waals surface area contributed by atoms with Crippen LogP contribution in [0.2, 0.25) is 19.1 Å². The summed E-state index contributed by atoms with van der Waals surface area (Å²) in [5, 5.41) is 10.1. The summed E-state index contributed by atoms with van der Waals surface area (Å²) in [6, 6.07) is 13.2. The van der Waals surface area contributed by atoms with Crippen LogP contribution < -0.4 is 5.19 Å². The molecule has 0 saturated heterocycles. The van der Waals surface area contributed by atoms with Gasteiger partial charge in [0.15, 0.2) is 0 Å². The Morgan fingerprint density at radius 2 is 1.77 bits per heavy atom. The van der Waals surface area contributed by atoms with Crippen molar-refractivity contribution in [2.24, 2.45) is 0 Å². The summed E-state index contributed by atoms with van der Waals surface area (Å²) in [5.41, 5.74) is 0.320. The summed E-state index contributed by atoms with van der Waals surface area (Å²) >= 11 is 0. The highest BCUT2D eigenvalue weighted by atomic mass is 28.3. The number of aliphatic hydroxyl groups excluding tert-OH is 1. The van der Waals surface area contributed by atoms with Crippen LogP contribution in [0.5, 0.6) is 0 Å². The second-order valence-electron chi connectivity index (χ2n) is 6.16. The molecule has 0 spiro atoms. The van der Waals surface area contributed by atoms with E-state index >= 15 is 0 Å². The third-order valence-electron chi connectivity index (χ3n) is 4.00. The first-order valence-corrected chi connectivity index (χ1v) is 10.6. The number of nitrogens with zero attached hydrogens (tertiary/aromatic N) is 1. The molecule has 0 aliphatic carbocycles. The van der Waals surface area contributed by atoms with Crippen LogP contribution in [0.3, 0.4) is 0 Å². The Morgan fingerprint density at radius 3 is 2.32 bits per heavy atom. The predicted octanol–water partition coefficient (Wildman–Crippen LogP) is 3.67. The molecule has 1 aromatic carbocycles. The Bertz CT molecular complexity index is 600. The quantitative estimate of drug-likeness (QED) is 0.824. The van der Waals surface area contributed by atoms with Gasteiger partial charge in [0.2, 0.25) is 0 Å². The minimum absolute atomic E-state index is 0.188. The van der Waals surface area contributed by atoms with E-state index in [9.17, 15) is 8.78 Å². The number of benzene rings is 1. The smallest absolute Gasteiger partial charge is 0.289 e. The van der Waals surface area contributed by atoms with Crippen molar-refractivity contribution in [1.29, 1.82) is 0 Å². The van der Waals surface area contributed by atoms with Crippen LogP contribution in [-0.2, 0) is 12.5 Å². The Balaban J connectivity index is 2.08. The van der Waals surface area contributed by atoms with Gasteiger partial charge < -0.3 is 5.11 Å². The highest BCUT2D eigenvalue weighted by molar-refractivity contribution is 6.89. The van der Waals surface area contributed by atoms with Gasteiger partial charge in [0.05, 0.1) is 14.7 Å². The van der Waals surface area contributed by atoms with Gasteiger partial charge in [-0.1, -0.05) is 54.7 Å². The Hall–Kier alpha value is -1.59. The molecular weight excluding hydrogens is 300 g/mol. The molecule has 0 aliphatic rings. The maximum atomic E-state index is 14.3. The molecule has 1 N–H and O–H groups in total. The summed E-state index contributed by atoms with van der Waals surface area (Å²) in [7, 11) is -1.89. The molecule has 0 radical (unpaired) electrons. The molecule has 0 aliphatic heterocycles. The normalized spacial score (nSPS) is 12.4. The molecule has 0 bridgehead atoms. The lowest BCUT2D eigenvalue weighted by molar-refractivity contribution is -0.0130. The van der Waals surface area contributed by atoms with E-state index in [0.717, 1.165) is 0 Å². The Labute approximate surface area is 130 Å². The first-order valence-electron chi connectivity index (χ1n) is 7.35. The minimum Gasteiger partial charge on any atom is -0.392 e. The minimum atomic E-state index is -2.94. The number of halogens is 2. The average Bonchev–Trinajstić information content (AvgIpc) is 2.54. The van der Waals surface area contributed by atoms with Crippen molar-refractivity contribution in [3.05, 3.63) is 59.9 Å². The summed E-state index contributed by atoms with van der Waals surface area (Å²) in [5.74, 6) is -2.94. The summed E-state index contributed by atoms with van der Waals surface area (Å²) in [4.78, 5) is 3.80. The van der Waals surface area contributed by atoms with Gasteiger partial charge in [-0.2, -0.15) is 8.78 Å². The van der Waals surface area contributed by atoms with Crippen LogP contribution in [0.4, 0.5) is 8.78 Å². The van der Waals surface area contributed by atoms with Crippen molar-refractivity contribution in [3.63, 3.8) is 0 Å². The lowest BCUT2D eigenvalue weighted by Crippen LogP contribution is -2.42. The Morgan fingerprint density at radius 1 is 1.09 bits per heavy atom. The number of hydrogen-bond donors (Lipinski definition) is 1. The number of hydrogen-bond acceptors (Lipinski definition) is 2. The maximum absolute atomic E-state index is 14.3. The summed E-state index contributed by atoms with van der Waals surface area (Å²) in [6.45, 7) is 4.04. The van der Waals surface area contributed by atoms with E-state index in [1.807, 2.05) is 30.3 Å². The van der Waals surface area contributed by atoms with Gasteiger partial charge in [0, 0.05) is 12.6 Å². The van der Waals surface area contributed by atoms with Crippen molar-refractivity contribution in [1.82, 2.24) is 4.98 Å². The van der Waals surface area contributed by atoms with Crippen LogP contribution in [0.15, 0.2) is 48.7 Å². The van der Waals surface area contributed by atoms with Gasteiger partial charge in [0.25, 0.3) is 5.92 Å². The monoisotopic (exact) mass is 321 g/mol. The Kier molecular flexibility index (Phi) is 5.08. The molecule has 2 aromatic rings. The van der Waals surface area contributed by atoms with Gasteiger partial charge in [-0.25, -0.2) is 0 Å². The number of alkyl halides is 2. The molecule has 5 heteroatoms. The first-order chi connectivity index (χ1) is 10.3. The molecule has 0 unspecified atom stereocenters. The zero-order chi connectivity index (χ0) is 16.2. The van der Waals surface area contributed by atoms with E-state index in [1.165, 1.54) is 23.5 Å². The molecule has 118 valence electrons. The predicted molar refractivity (Wildman–Crippen MR) is 87.0 cm³/mol. The van der Waals surface area contributed by atoms with E-state index in [1.54, 1.807) is 0 Å². The van der Waals surface area contributed by atoms with Crippen molar-refractivity contribution in [2.45, 2.75) is 38.1 Å². The van der Waals surface area contributed by atoms with Gasteiger partial charge in [0.1, 0.15) is 5.69 Å². The lowest BCUT2D eigenvalue weighted by atomic mass is 10.1. The molecule has 0 atom stereocenters. The van der Waals surface area contributed by atoms with Gasteiger partial charge >= 0.3 is 0 Å². The number of pyridine rings is 1. The SMILES string of the molecule is C[Si](C)(CCC(F)(F)c1ccc(CO)cn1)c1ccccc1. The van der Waals surface area contributed by atoms with Crippen LogP contribution in [0.1, 0.15) is 17.7 Å².